The molecular formula is C15H16S. The molecule has 0 fully saturated rings. The molecule has 2 rings (SSSR count). The molecule has 2 aromatic carbocycles. The van der Waals surface area contributed by atoms with E-state index in [1.165, 1.54) is 16.7 Å². The summed E-state index contributed by atoms with van der Waals surface area (Å²) in [6.07, 6.45) is 0. The van der Waals surface area contributed by atoms with Crippen LogP contribution in [0.3, 0.4) is 0 Å². The van der Waals surface area contributed by atoms with E-state index in [-0.39, 0.29) is 0 Å². The average Bonchev–Trinajstić information content (AvgIpc) is 2.30. The van der Waals surface area contributed by atoms with Crippen LogP contribution < -0.4 is 0 Å². The maximum Gasteiger partial charge on any atom is 0.00404 e. The van der Waals surface area contributed by atoms with Gasteiger partial charge in [0, 0.05) is 4.90 Å². The Hall–Kier alpha value is -1.21. The van der Waals surface area contributed by atoms with Gasteiger partial charge in [-0.05, 0) is 34.7 Å². The fourth-order valence-electron chi connectivity index (χ4n) is 1.73. The molecule has 0 radical (unpaired) electrons. The third-order valence-corrected chi connectivity index (χ3v) is 3.05. The van der Waals surface area contributed by atoms with Gasteiger partial charge < -0.3 is 0 Å². The lowest BCUT2D eigenvalue weighted by atomic mass is 9.97. The van der Waals surface area contributed by atoms with Crippen LogP contribution in [0, 0.1) is 0 Å². The lowest BCUT2D eigenvalue weighted by Gasteiger charge is -2.08. The van der Waals surface area contributed by atoms with Crippen molar-refractivity contribution in [2.45, 2.75) is 24.7 Å². The predicted octanol–water partition coefficient (Wildman–Crippen LogP) is 4.77. The molecule has 1 heteroatoms. The summed E-state index contributed by atoms with van der Waals surface area (Å²) in [5, 5.41) is 0. The van der Waals surface area contributed by atoms with E-state index in [1.807, 2.05) is 12.1 Å². The highest BCUT2D eigenvalue weighted by Crippen LogP contribution is 2.24. The molecule has 0 heterocycles. The SMILES string of the molecule is CC(C)c1cccc(-c2ccc(S)cc2)c1. The van der Waals surface area contributed by atoms with Crippen molar-refractivity contribution >= 4 is 12.6 Å². The van der Waals surface area contributed by atoms with Crippen LogP contribution in [-0.4, -0.2) is 0 Å². The molecule has 0 N–H and O–H groups in total. The molecule has 0 unspecified atom stereocenters. The molecule has 0 saturated carbocycles. The summed E-state index contributed by atoms with van der Waals surface area (Å²) in [7, 11) is 0. The van der Waals surface area contributed by atoms with Crippen molar-refractivity contribution in [1.82, 2.24) is 0 Å². The first kappa shape index (κ1) is 11.3. The maximum atomic E-state index is 4.30. The van der Waals surface area contributed by atoms with E-state index >= 15 is 0 Å². The Kier molecular flexibility index (Phi) is 3.35. The van der Waals surface area contributed by atoms with Gasteiger partial charge in [0.05, 0.1) is 0 Å². The third-order valence-electron chi connectivity index (χ3n) is 2.75. The van der Waals surface area contributed by atoms with Crippen molar-refractivity contribution in [3.05, 3.63) is 54.1 Å². The Balaban J connectivity index is 2.40. The standard InChI is InChI=1S/C15H16S/c1-11(2)13-4-3-5-14(10-13)12-6-8-15(16)9-7-12/h3-11,16H,1-2H3. The summed E-state index contributed by atoms with van der Waals surface area (Å²) in [6.45, 7) is 4.44. The van der Waals surface area contributed by atoms with E-state index in [0.29, 0.717) is 5.92 Å². The molecule has 2 aromatic rings. The number of thiol groups is 1. The molecule has 0 aliphatic carbocycles. The minimum Gasteiger partial charge on any atom is -0.143 e. The molecular weight excluding hydrogens is 212 g/mol. The summed E-state index contributed by atoms with van der Waals surface area (Å²) in [5.41, 5.74) is 3.91. The monoisotopic (exact) mass is 228 g/mol. The number of rotatable bonds is 2. The highest BCUT2D eigenvalue weighted by atomic mass is 32.1. The van der Waals surface area contributed by atoms with Gasteiger partial charge >= 0.3 is 0 Å². The fraction of sp³-hybridized carbons (Fsp3) is 0.200. The van der Waals surface area contributed by atoms with Crippen molar-refractivity contribution in [1.29, 1.82) is 0 Å². The molecule has 16 heavy (non-hydrogen) atoms. The van der Waals surface area contributed by atoms with Crippen molar-refractivity contribution < 1.29 is 0 Å². The number of benzene rings is 2. The first-order chi connectivity index (χ1) is 7.66. The molecule has 0 saturated heterocycles. The van der Waals surface area contributed by atoms with Crippen molar-refractivity contribution in [2.24, 2.45) is 0 Å². The molecule has 0 bridgehead atoms. The smallest absolute Gasteiger partial charge is 0.00404 e. The fourth-order valence-corrected chi connectivity index (χ4v) is 1.88. The number of hydrogen-bond donors (Lipinski definition) is 1. The molecule has 0 amide bonds. The zero-order chi connectivity index (χ0) is 11.5. The van der Waals surface area contributed by atoms with Gasteiger partial charge in [-0.2, -0.15) is 0 Å². The second-order valence-corrected chi connectivity index (χ2v) is 4.84. The molecule has 0 spiro atoms. The van der Waals surface area contributed by atoms with Crippen LogP contribution in [0.1, 0.15) is 25.3 Å². The second kappa shape index (κ2) is 4.75. The maximum absolute atomic E-state index is 4.30. The van der Waals surface area contributed by atoms with E-state index < -0.39 is 0 Å². The van der Waals surface area contributed by atoms with Crippen LogP contribution in [0.5, 0.6) is 0 Å². The van der Waals surface area contributed by atoms with Crippen LogP contribution in [-0.2, 0) is 0 Å². The van der Waals surface area contributed by atoms with Gasteiger partial charge in [0.2, 0.25) is 0 Å². The van der Waals surface area contributed by atoms with Gasteiger partial charge in [-0.1, -0.05) is 50.2 Å². The summed E-state index contributed by atoms with van der Waals surface area (Å²) in [5.74, 6) is 0.573. The first-order valence-electron chi connectivity index (χ1n) is 5.56. The van der Waals surface area contributed by atoms with Gasteiger partial charge in [-0.15, -0.1) is 12.6 Å². The van der Waals surface area contributed by atoms with Crippen molar-refractivity contribution in [3.8, 4) is 11.1 Å². The predicted molar refractivity (Wildman–Crippen MR) is 73.2 cm³/mol. The zero-order valence-corrected chi connectivity index (χ0v) is 10.5. The highest BCUT2D eigenvalue weighted by molar-refractivity contribution is 7.80. The van der Waals surface area contributed by atoms with Gasteiger partial charge in [-0.25, -0.2) is 0 Å². The van der Waals surface area contributed by atoms with E-state index in [9.17, 15) is 0 Å². The highest BCUT2D eigenvalue weighted by Gasteiger charge is 2.01. The quantitative estimate of drug-likeness (QED) is 0.703. The van der Waals surface area contributed by atoms with Gasteiger partial charge in [-0.3, -0.25) is 0 Å². The lowest BCUT2D eigenvalue weighted by Crippen LogP contribution is -1.87. The topological polar surface area (TPSA) is 0 Å². The molecule has 0 atom stereocenters. The summed E-state index contributed by atoms with van der Waals surface area (Å²) >= 11 is 4.30. The van der Waals surface area contributed by atoms with Gasteiger partial charge in [0.25, 0.3) is 0 Å². The lowest BCUT2D eigenvalue weighted by molar-refractivity contribution is 0.867. The normalized spacial score (nSPS) is 10.8. The largest absolute Gasteiger partial charge is 0.143 e. The van der Waals surface area contributed by atoms with Crippen LogP contribution >= 0.6 is 12.6 Å². The average molecular weight is 228 g/mol. The molecule has 0 aromatic heterocycles. The Morgan fingerprint density at radius 3 is 2.19 bits per heavy atom. The Bertz CT molecular complexity index is 469. The molecule has 82 valence electrons. The summed E-state index contributed by atoms with van der Waals surface area (Å²) < 4.78 is 0. The van der Waals surface area contributed by atoms with Crippen LogP contribution in [0.4, 0.5) is 0 Å². The molecule has 0 aliphatic heterocycles. The van der Waals surface area contributed by atoms with E-state index in [4.69, 9.17) is 0 Å². The van der Waals surface area contributed by atoms with Crippen molar-refractivity contribution in [3.63, 3.8) is 0 Å². The Labute approximate surface area is 103 Å². The van der Waals surface area contributed by atoms with Crippen LogP contribution in [0.25, 0.3) is 11.1 Å². The minimum atomic E-state index is 0.573. The van der Waals surface area contributed by atoms with Crippen molar-refractivity contribution in [2.75, 3.05) is 0 Å². The number of hydrogen-bond acceptors (Lipinski definition) is 1. The molecule has 0 nitrogen and oxygen atoms in total. The summed E-state index contributed by atoms with van der Waals surface area (Å²) in [4.78, 5) is 1.00. The van der Waals surface area contributed by atoms with Gasteiger partial charge in [0.1, 0.15) is 0 Å². The summed E-state index contributed by atoms with van der Waals surface area (Å²) in [6, 6.07) is 17.0. The van der Waals surface area contributed by atoms with Crippen LogP contribution in [0.2, 0.25) is 0 Å². The van der Waals surface area contributed by atoms with E-state index in [0.717, 1.165) is 4.90 Å². The second-order valence-electron chi connectivity index (χ2n) is 4.33. The third kappa shape index (κ3) is 2.48. The Morgan fingerprint density at radius 2 is 1.56 bits per heavy atom. The first-order valence-corrected chi connectivity index (χ1v) is 6.01. The van der Waals surface area contributed by atoms with E-state index in [2.05, 4.69) is 62.9 Å². The molecule has 0 aliphatic rings. The zero-order valence-electron chi connectivity index (χ0n) is 9.64. The van der Waals surface area contributed by atoms with Crippen LogP contribution in [0.15, 0.2) is 53.4 Å². The van der Waals surface area contributed by atoms with E-state index in [1.54, 1.807) is 0 Å². The van der Waals surface area contributed by atoms with Gasteiger partial charge in [0.15, 0.2) is 0 Å². The minimum absolute atomic E-state index is 0.573. The Morgan fingerprint density at radius 1 is 0.875 bits per heavy atom.